The minimum Gasteiger partial charge on any atom is -0.436 e. The van der Waals surface area contributed by atoms with E-state index >= 15 is 0 Å². The Hall–Kier alpha value is -2.51. The van der Waals surface area contributed by atoms with Crippen molar-refractivity contribution in [2.45, 2.75) is 13.5 Å². The van der Waals surface area contributed by atoms with Crippen molar-refractivity contribution in [3.63, 3.8) is 0 Å². The Kier molecular flexibility index (Phi) is 4.46. The van der Waals surface area contributed by atoms with Gasteiger partial charge in [-0.15, -0.1) is 0 Å². The lowest BCUT2D eigenvalue weighted by Crippen LogP contribution is -2.22. The maximum absolute atomic E-state index is 11.8. The number of primary amides is 1. The number of fused-ring (bicyclic) bond motifs is 1. The van der Waals surface area contributed by atoms with E-state index in [4.69, 9.17) is 10.2 Å². The molecule has 2 aromatic heterocycles. The average molecular weight is 388 g/mol. The summed E-state index contributed by atoms with van der Waals surface area (Å²) in [6.45, 7) is 1.56. The third-order valence-corrected chi connectivity index (χ3v) is 4.07. The van der Waals surface area contributed by atoms with Crippen LogP contribution < -0.4 is 11.3 Å². The summed E-state index contributed by atoms with van der Waals surface area (Å²) >= 11 is 3.36. The van der Waals surface area contributed by atoms with Crippen LogP contribution in [0.2, 0.25) is 0 Å². The molecule has 1 amide bonds. The number of carbonyl (C=O) groups is 1. The fourth-order valence-corrected chi connectivity index (χ4v) is 2.57. The highest BCUT2D eigenvalue weighted by atomic mass is 79.9. The van der Waals surface area contributed by atoms with Crippen LogP contribution in [0, 0.1) is 6.92 Å². The molecule has 3 aromatic rings. The molecule has 0 aliphatic rings. The minimum atomic E-state index is -0.658. The fourth-order valence-electron chi connectivity index (χ4n) is 2.31. The van der Waals surface area contributed by atoms with Crippen LogP contribution >= 0.6 is 15.9 Å². The third kappa shape index (κ3) is 3.08. The van der Waals surface area contributed by atoms with Crippen LogP contribution in [0.15, 0.2) is 50.4 Å². The first-order valence-corrected chi connectivity index (χ1v) is 7.92. The SMILES string of the molecule is Cc1ncc(CO)c2cc(C(N)=O)c(=Nc3ccc(Br)cc3)oc12. The Morgan fingerprint density at radius 2 is 2.08 bits per heavy atom. The topological polar surface area (TPSA) is 102 Å². The quantitative estimate of drug-likeness (QED) is 0.720. The zero-order chi connectivity index (χ0) is 17.3. The number of benzene rings is 1. The van der Waals surface area contributed by atoms with Gasteiger partial charge >= 0.3 is 0 Å². The van der Waals surface area contributed by atoms with Crippen molar-refractivity contribution in [3.8, 4) is 0 Å². The number of carbonyl (C=O) groups excluding carboxylic acids is 1. The van der Waals surface area contributed by atoms with E-state index in [1.807, 2.05) is 12.1 Å². The number of rotatable bonds is 3. The molecule has 0 fully saturated rings. The second kappa shape index (κ2) is 6.54. The lowest BCUT2D eigenvalue weighted by Gasteiger charge is -2.07. The summed E-state index contributed by atoms with van der Waals surface area (Å²) < 4.78 is 6.73. The number of nitrogens with two attached hydrogens (primary N) is 1. The van der Waals surface area contributed by atoms with Gasteiger partial charge in [-0.25, -0.2) is 4.99 Å². The highest BCUT2D eigenvalue weighted by Crippen LogP contribution is 2.21. The summed E-state index contributed by atoms with van der Waals surface area (Å²) in [6.07, 6.45) is 1.55. The van der Waals surface area contributed by atoms with Crippen LogP contribution in [0.3, 0.4) is 0 Å². The van der Waals surface area contributed by atoms with Crippen molar-refractivity contribution in [3.05, 3.63) is 63.4 Å². The van der Waals surface area contributed by atoms with Crippen molar-refractivity contribution >= 4 is 38.5 Å². The standard InChI is InChI=1S/C17H14BrN3O3/c1-9-15-13(10(8-22)7-20-9)6-14(16(19)23)17(24-15)21-12-4-2-11(18)3-5-12/h2-7,22H,8H2,1H3,(H2,19,23). The van der Waals surface area contributed by atoms with Gasteiger partial charge in [-0.2, -0.15) is 0 Å². The van der Waals surface area contributed by atoms with Crippen LogP contribution in [0.25, 0.3) is 11.0 Å². The number of aliphatic hydroxyl groups excluding tert-OH is 1. The Bertz CT molecular complexity index is 994. The highest BCUT2D eigenvalue weighted by molar-refractivity contribution is 9.10. The van der Waals surface area contributed by atoms with Crippen molar-refractivity contribution in [2.24, 2.45) is 10.7 Å². The molecule has 0 saturated carbocycles. The number of aliphatic hydroxyl groups is 1. The number of pyridine rings is 1. The largest absolute Gasteiger partial charge is 0.436 e. The molecular weight excluding hydrogens is 374 g/mol. The molecule has 7 heteroatoms. The second-order valence-corrected chi connectivity index (χ2v) is 6.10. The molecule has 6 nitrogen and oxygen atoms in total. The lowest BCUT2D eigenvalue weighted by atomic mass is 10.1. The molecule has 0 saturated heterocycles. The molecule has 122 valence electrons. The van der Waals surface area contributed by atoms with Crippen LogP contribution in [0.1, 0.15) is 21.6 Å². The van der Waals surface area contributed by atoms with Gasteiger partial charge in [0.2, 0.25) is 5.55 Å². The molecule has 0 aliphatic carbocycles. The van der Waals surface area contributed by atoms with Crippen molar-refractivity contribution < 1.29 is 14.3 Å². The Labute approximate surface area is 145 Å². The van der Waals surface area contributed by atoms with Gasteiger partial charge < -0.3 is 15.3 Å². The molecule has 2 heterocycles. The van der Waals surface area contributed by atoms with Crippen molar-refractivity contribution in [2.75, 3.05) is 0 Å². The number of aryl methyl sites for hydroxylation is 1. The minimum absolute atomic E-state index is 0.109. The van der Waals surface area contributed by atoms with Gasteiger partial charge in [0.25, 0.3) is 5.91 Å². The molecule has 0 unspecified atom stereocenters. The Balaban J connectivity index is 2.34. The number of aromatic nitrogens is 1. The first-order chi connectivity index (χ1) is 11.5. The zero-order valence-corrected chi connectivity index (χ0v) is 14.4. The van der Waals surface area contributed by atoms with Gasteiger partial charge in [-0.05, 0) is 37.3 Å². The molecule has 0 bridgehead atoms. The molecule has 0 spiro atoms. The number of hydrogen-bond donors (Lipinski definition) is 2. The van der Waals surface area contributed by atoms with Gasteiger partial charge in [0.05, 0.1) is 18.0 Å². The Morgan fingerprint density at radius 1 is 1.38 bits per heavy atom. The molecule has 0 atom stereocenters. The van der Waals surface area contributed by atoms with E-state index < -0.39 is 5.91 Å². The summed E-state index contributed by atoms with van der Waals surface area (Å²) in [7, 11) is 0. The summed E-state index contributed by atoms with van der Waals surface area (Å²) in [5.41, 5.74) is 7.98. The predicted octanol–water partition coefficient (Wildman–Crippen LogP) is 2.72. The number of nitrogens with zero attached hydrogens (tertiary/aromatic N) is 2. The van der Waals surface area contributed by atoms with Crippen LogP contribution in [-0.4, -0.2) is 16.0 Å². The summed E-state index contributed by atoms with van der Waals surface area (Å²) in [5, 5.41) is 10.1. The normalized spacial score (nSPS) is 11.9. The van der Waals surface area contributed by atoms with Gasteiger partial charge in [-0.3, -0.25) is 9.78 Å². The van der Waals surface area contributed by atoms with E-state index in [0.29, 0.717) is 27.9 Å². The first-order valence-electron chi connectivity index (χ1n) is 7.13. The van der Waals surface area contributed by atoms with Crippen LogP contribution in [-0.2, 0) is 6.61 Å². The monoisotopic (exact) mass is 387 g/mol. The van der Waals surface area contributed by atoms with E-state index in [-0.39, 0.29) is 17.7 Å². The van der Waals surface area contributed by atoms with E-state index in [1.165, 1.54) is 0 Å². The van der Waals surface area contributed by atoms with E-state index in [0.717, 1.165) is 4.47 Å². The molecule has 0 radical (unpaired) electrons. The fraction of sp³-hybridized carbons (Fsp3) is 0.118. The maximum Gasteiger partial charge on any atom is 0.254 e. The molecule has 3 rings (SSSR count). The van der Waals surface area contributed by atoms with Gasteiger partial charge in [0, 0.05) is 21.6 Å². The number of hydrogen-bond acceptors (Lipinski definition) is 5. The maximum atomic E-state index is 11.8. The molecule has 3 N–H and O–H groups in total. The molecule has 1 aromatic carbocycles. The molecule has 0 aliphatic heterocycles. The van der Waals surface area contributed by atoms with E-state index in [9.17, 15) is 9.90 Å². The van der Waals surface area contributed by atoms with Gasteiger partial charge in [0.15, 0.2) is 5.58 Å². The van der Waals surface area contributed by atoms with E-state index in [1.54, 1.807) is 31.3 Å². The van der Waals surface area contributed by atoms with Crippen LogP contribution in [0.5, 0.6) is 0 Å². The van der Waals surface area contributed by atoms with Gasteiger partial charge in [0.1, 0.15) is 5.56 Å². The van der Waals surface area contributed by atoms with Crippen molar-refractivity contribution in [1.82, 2.24) is 4.98 Å². The predicted molar refractivity (Wildman–Crippen MR) is 92.6 cm³/mol. The van der Waals surface area contributed by atoms with E-state index in [2.05, 4.69) is 25.9 Å². The smallest absolute Gasteiger partial charge is 0.254 e. The zero-order valence-electron chi connectivity index (χ0n) is 12.8. The summed E-state index contributed by atoms with van der Waals surface area (Å²) in [4.78, 5) is 20.4. The van der Waals surface area contributed by atoms with Crippen molar-refractivity contribution in [1.29, 1.82) is 0 Å². The first kappa shape index (κ1) is 16.4. The van der Waals surface area contributed by atoms with Crippen LogP contribution in [0.4, 0.5) is 5.69 Å². The third-order valence-electron chi connectivity index (χ3n) is 3.54. The Morgan fingerprint density at radius 3 is 2.71 bits per heavy atom. The number of amides is 1. The summed E-state index contributed by atoms with van der Waals surface area (Å²) in [6, 6.07) is 8.81. The molecule has 24 heavy (non-hydrogen) atoms. The molecular formula is C17H14BrN3O3. The number of halogens is 1. The average Bonchev–Trinajstić information content (AvgIpc) is 2.57. The van der Waals surface area contributed by atoms with Gasteiger partial charge in [-0.1, -0.05) is 15.9 Å². The summed E-state index contributed by atoms with van der Waals surface area (Å²) in [5.74, 6) is -0.658. The lowest BCUT2D eigenvalue weighted by molar-refractivity contribution is 0.0996. The highest BCUT2D eigenvalue weighted by Gasteiger charge is 2.14. The second-order valence-electron chi connectivity index (χ2n) is 5.19.